The van der Waals surface area contributed by atoms with Crippen LogP contribution in [0.15, 0.2) is 60.7 Å². The van der Waals surface area contributed by atoms with Gasteiger partial charge in [0.15, 0.2) is 6.29 Å². The minimum Gasteiger partial charge on any atom is -0.376 e. The maximum Gasteiger partial charge on any atom is 0.223 e. The van der Waals surface area contributed by atoms with Gasteiger partial charge in [-0.25, -0.2) is 0 Å². The van der Waals surface area contributed by atoms with Gasteiger partial charge in [-0.15, -0.1) is 0 Å². The lowest BCUT2D eigenvalue weighted by Gasteiger charge is -2.29. The fourth-order valence-corrected chi connectivity index (χ4v) is 4.25. The lowest BCUT2D eigenvalue weighted by Crippen LogP contribution is -2.36. The van der Waals surface area contributed by atoms with Crippen LogP contribution in [-0.4, -0.2) is 43.0 Å². The summed E-state index contributed by atoms with van der Waals surface area (Å²) in [6.07, 6.45) is 2.06. The normalized spacial score (nSPS) is 22.5. The summed E-state index contributed by atoms with van der Waals surface area (Å²) in [5, 5.41) is 0. The molecule has 2 aliphatic rings. The highest BCUT2D eigenvalue weighted by Gasteiger charge is 2.40. The molecule has 0 aromatic heterocycles. The van der Waals surface area contributed by atoms with Gasteiger partial charge in [0.2, 0.25) is 5.91 Å². The second kappa shape index (κ2) is 10.0. The van der Waals surface area contributed by atoms with Gasteiger partial charge in [-0.05, 0) is 17.5 Å². The molecule has 0 saturated carbocycles. The summed E-state index contributed by atoms with van der Waals surface area (Å²) in [6.45, 7) is 3.12. The molecule has 0 bridgehead atoms. The van der Waals surface area contributed by atoms with Crippen LogP contribution in [0.3, 0.4) is 0 Å². The Bertz CT molecular complexity index is 761. The Kier molecular flexibility index (Phi) is 6.93. The molecule has 2 aliphatic heterocycles. The van der Waals surface area contributed by atoms with Crippen molar-refractivity contribution in [3.05, 3.63) is 71.8 Å². The second-order valence-corrected chi connectivity index (χ2v) is 7.79. The molecule has 0 unspecified atom stereocenters. The van der Waals surface area contributed by atoms with Crippen LogP contribution in [-0.2, 0) is 32.2 Å². The molecule has 2 fully saturated rings. The van der Waals surface area contributed by atoms with E-state index in [9.17, 15) is 4.79 Å². The van der Waals surface area contributed by atoms with E-state index in [2.05, 4.69) is 24.3 Å². The Hall–Kier alpha value is -2.21. The minimum atomic E-state index is -0.143. The number of ether oxygens (including phenoxy) is 3. The number of hydrogen-bond donors (Lipinski definition) is 0. The average molecular weight is 395 g/mol. The number of carbonyl (C=O) groups is 1. The number of rotatable bonds is 9. The molecule has 2 aromatic carbocycles. The van der Waals surface area contributed by atoms with Crippen LogP contribution < -0.4 is 0 Å². The first-order valence-corrected chi connectivity index (χ1v) is 10.5. The third kappa shape index (κ3) is 5.44. The van der Waals surface area contributed by atoms with Crippen molar-refractivity contribution in [1.82, 2.24) is 4.90 Å². The molecule has 2 atom stereocenters. The minimum absolute atomic E-state index is 0.143. The number of likely N-dealkylation sites (tertiary alicyclic amines) is 1. The Labute approximate surface area is 172 Å². The predicted molar refractivity (Wildman–Crippen MR) is 110 cm³/mol. The monoisotopic (exact) mass is 395 g/mol. The lowest BCUT2D eigenvalue weighted by atomic mass is 9.96. The van der Waals surface area contributed by atoms with Gasteiger partial charge in [0.1, 0.15) is 0 Å². The highest BCUT2D eigenvalue weighted by atomic mass is 16.7. The van der Waals surface area contributed by atoms with E-state index < -0.39 is 0 Å². The number of carbonyl (C=O) groups excluding carboxylic acids is 1. The molecule has 0 radical (unpaired) electrons. The Morgan fingerprint density at radius 3 is 2.24 bits per heavy atom. The number of amides is 1. The number of nitrogens with zero attached hydrogens (tertiary/aromatic N) is 1. The van der Waals surface area contributed by atoms with Crippen molar-refractivity contribution in [1.29, 1.82) is 0 Å². The third-order valence-corrected chi connectivity index (χ3v) is 5.73. The van der Waals surface area contributed by atoms with Crippen molar-refractivity contribution >= 4 is 5.91 Å². The molecule has 0 spiro atoms. The SMILES string of the molecule is O=C1C[C@H](COCc2ccccc2)[C@@H](CCC2OCCO2)N1Cc1ccccc1. The van der Waals surface area contributed by atoms with E-state index in [1.807, 2.05) is 41.3 Å². The summed E-state index contributed by atoms with van der Waals surface area (Å²) < 4.78 is 17.2. The summed E-state index contributed by atoms with van der Waals surface area (Å²) in [7, 11) is 0. The molecule has 0 aliphatic carbocycles. The summed E-state index contributed by atoms with van der Waals surface area (Å²) in [4.78, 5) is 14.9. The van der Waals surface area contributed by atoms with Crippen LogP contribution >= 0.6 is 0 Å². The van der Waals surface area contributed by atoms with Crippen molar-refractivity contribution in [2.75, 3.05) is 19.8 Å². The van der Waals surface area contributed by atoms with E-state index in [1.165, 1.54) is 0 Å². The smallest absolute Gasteiger partial charge is 0.223 e. The van der Waals surface area contributed by atoms with Crippen LogP contribution in [0.4, 0.5) is 0 Å². The van der Waals surface area contributed by atoms with Crippen molar-refractivity contribution < 1.29 is 19.0 Å². The van der Waals surface area contributed by atoms with Crippen molar-refractivity contribution in [3.8, 4) is 0 Å². The van der Waals surface area contributed by atoms with Gasteiger partial charge < -0.3 is 19.1 Å². The lowest BCUT2D eigenvalue weighted by molar-refractivity contribution is -0.130. The van der Waals surface area contributed by atoms with Gasteiger partial charge in [0, 0.05) is 31.3 Å². The molecular formula is C24H29NO4. The molecule has 154 valence electrons. The average Bonchev–Trinajstić information content (AvgIpc) is 3.37. The summed E-state index contributed by atoms with van der Waals surface area (Å²) in [5.74, 6) is 0.400. The quantitative estimate of drug-likeness (QED) is 0.648. The molecule has 29 heavy (non-hydrogen) atoms. The van der Waals surface area contributed by atoms with E-state index in [-0.39, 0.29) is 24.2 Å². The van der Waals surface area contributed by atoms with E-state index in [0.717, 1.165) is 24.0 Å². The Morgan fingerprint density at radius 2 is 1.55 bits per heavy atom. The Morgan fingerprint density at radius 1 is 0.897 bits per heavy atom. The first-order valence-electron chi connectivity index (χ1n) is 10.5. The number of hydrogen-bond acceptors (Lipinski definition) is 4. The molecule has 2 aromatic rings. The zero-order valence-electron chi connectivity index (χ0n) is 16.7. The van der Waals surface area contributed by atoms with Gasteiger partial charge in [-0.2, -0.15) is 0 Å². The van der Waals surface area contributed by atoms with E-state index in [0.29, 0.717) is 39.4 Å². The van der Waals surface area contributed by atoms with E-state index in [4.69, 9.17) is 14.2 Å². The van der Waals surface area contributed by atoms with Gasteiger partial charge in [-0.1, -0.05) is 60.7 Å². The Balaban J connectivity index is 1.39. The topological polar surface area (TPSA) is 48.0 Å². The molecule has 4 rings (SSSR count). The van der Waals surface area contributed by atoms with Gasteiger partial charge in [0.25, 0.3) is 0 Å². The van der Waals surface area contributed by atoms with Crippen molar-refractivity contribution in [3.63, 3.8) is 0 Å². The highest BCUT2D eigenvalue weighted by Crippen LogP contribution is 2.32. The molecule has 5 nitrogen and oxygen atoms in total. The zero-order chi connectivity index (χ0) is 19.9. The van der Waals surface area contributed by atoms with Crippen molar-refractivity contribution in [2.45, 2.75) is 44.7 Å². The van der Waals surface area contributed by atoms with Gasteiger partial charge >= 0.3 is 0 Å². The zero-order valence-corrected chi connectivity index (χ0v) is 16.7. The fourth-order valence-electron chi connectivity index (χ4n) is 4.25. The molecule has 2 heterocycles. The largest absolute Gasteiger partial charge is 0.376 e. The third-order valence-electron chi connectivity index (χ3n) is 5.73. The maximum absolute atomic E-state index is 12.8. The molecule has 5 heteroatoms. The van der Waals surface area contributed by atoms with Crippen LogP contribution in [0.2, 0.25) is 0 Å². The van der Waals surface area contributed by atoms with Gasteiger partial charge in [-0.3, -0.25) is 4.79 Å². The fraction of sp³-hybridized carbons (Fsp3) is 0.458. The van der Waals surface area contributed by atoms with Crippen molar-refractivity contribution in [2.24, 2.45) is 5.92 Å². The predicted octanol–water partition coefficient (Wildman–Crippen LogP) is 3.77. The summed E-state index contributed by atoms with van der Waals surface area (Å²) in [6, 6.07) is 20.5. The first kappa shape index (κ1) is 20.1. The van der Waals surface area contributed by atoms with E-state index in [1.54, 1.807) is 0 Å². The molecular weight excluding hydrogens is 366 g/mol. The molecule has 0 N–H and O–H groups in total. The summed E-state index contributed by atoms with van der Waals surface area (Å²) in [5.41, 5.74) is 2.31. The standard InChI is InChI=1S/C24H29NO4/c26-23-15-21(18-27-17-20-9-5-2-6-10-20)22(11-12-24-28-13-14-29-24)25(23)16-19-7-3-1-4-8-19/h1-10,21-22,24H,11-18H2/t21-,22-/m1/s1. The first-order chi connectivity index (χ1) is 14.3. The van der Waals surface area contributed by atoms with Gasteiger partial charge in [0.05, 0.1) is 26.4 Å². The highest BCUT2D eigenvalue weighted by molar-refractivity contribution is 5.79. The maximum atomic E-state index is 12.8. The van der Waals surface area contributed by atoms with E-state index >= 15 is 0 Å². The summed E-state index contributed by atoms with van der Waals surface area (Å²) >= 11 is 0. The van der Waals surface area contributed by atoms with Crippen LogP contribution in [0.5, 0.6) is 0 Å². The van der Waals surface area contributed by atoms with Crippen LogP contribution in [0.1, 0.15) is 30.4 Å². The van der Waals surface area contributed by atoms with Crippen LogP contribution in [0.25, 0.3) is 0 Å². The molecule has 1 amide bonds. The molecule has 2 saturated heterocycles. The number of benzene rings is 2. The van der Waals surface area contributed by atoms with Crippen LogP contribution in [0, 0.1) is 5.92 Å². The second-order valence-electron chi connectivity index (χ2n) is 7.79.